The van der Waals surface area contributed by atoms with Crippen molar-refractivity contribution < 1.29 is 9.90 Å². The molecule has 1 saturated heterocycles. The maximum Gasteiger partial charge on any atom is 0.337 e. The number of nitrogens with two attached hydrogens (primary N) is 1. The molecule has 19 heavy (non-hydrogen) atoms. The molecule has 0 aliphatic carbocycles. The molecule has 104 valence electrons. The van der Waals surface area contributed by atoms with Crippen molar-refractivity contribution in [2.24, 2.45) is 0 Å². The van der Waals surface area contributed by atoms with E-state index in [1.807, 2.05) is 13.1 Å². The summed E-state index contributed by atoms with van der Waals surface area (Å²) in [4.78, 5) is 15.4. The van der Waals surface area contributed by atoms with Crippen LogP contribution in [0.25, 0.3) is 0 Å². The first-order valence-corrected chi connectivity index (χ1v) is 6.53. The second kappa shape index (κ2) is 5.48. The minimum Gasteiger partial charge on any atom is -0.478 e. The average molecular weight is 263 g/mol. The number of rotatable bonds is 4. The molecular weight excluding hydrogens is 242 g/mol. The quantitative estimate of drug-likeness (QED) is 0.806. The summed E-state index contributed by atoms with van der Waals surface area (Å²) in [6.45, 7) is 2.08. The van der Waals surface area contributed by atoms with Crippen molar-refractivity contribution in [1.82, 2.24) is 4.90 Å². The summed E-state index contributed by atoms with van der Waals surface area (Å²) in [5.74, 6) is -0.984. The molecule has 0 radical (unpaired) electrons. The van der Waals surface area contributed by atoms with Crippen LogP contribution in [0.15, 0.2) is 18.2 Å². The first kappa shape index (κ1) is 13.7. The van der Waals surface area contributed by atoms with E-state index in [9.17, 15) is 4.79 Å². The van der Waals surface area contributed by atoms with Crippen LogP contribution < -0.4 is 10.6 Å². The highest BCUT2D eigenvalue weighted by atomic mass is 16.4. The number of likely N-dealkylation sites (N-methyl/N-ethyl adjacent to an activating group) is 2. The van der Waals surface area contributed by atoms with Gasteiger partial charge in [0.1, 0.15) is 0 Å². The van der Waals surface area contributed by atoms with E-state index in [2.05, 4.69) is 16.8 Å². The van der Waals surface area contributed by atoms with Crippen LogP contribution in [0.1, 0.15) is 23.2 Å². The molecule has 0 bridgehead atoms. The second-order valence-corrected chi connectivity index (χ2v) is 5.23. The van der Waals surface area contributed by atoms with Crippen molar-refractivity contribution in [3.8, 4) is 0 Å². The van der Waals surface area contributed by atoms with Crippen LogP contribution in [-0.2, 0) is 0 Å². The molecule has 0 saturated carbocycles. The smallest absolute Gasteiger partial charge is 0.337 e. The number of aromatic carboxylic acids is 1. The fourth-order valence-corrected chi connectivity index (χ4v) is 2.61. The summed E-state index contributed by atoms with van der Waals surface area (Å²) in [6, 6.07) is 5.68. The molecule has 2 rings (SSSR count). The Balaban J connectivity index is 2.09. The fraction of sp³-hybridized carbons (Fsp3) is 0.500. The first-order valence-electron chi connectivity index (χ1n) is 6.53. The topological polar surface area (TPSA) is 69.8 Å². The van der Waals surface area contributed by atoms with Gasteiger partial charge in [-0.2, -0.15) is 0 Å². The van der Waals surface area contributed by atoms with Gasteiger partial charge in [0.05, 0.1) is 5.56 Å². The highest BCUT2D eigenvalue weighted by Gasteiger charge is 2.22. The lowest BCUT2D eigenvalue weighted by Gasteiger charge is -2.27. The van der Waals surface area contributed by atoms with E-state index in [4.69, 9.17) is 10.8 Å². The van der Waals surface area contributed by atoms with Crippen LogP contribution >= 0.6 is 0 Å². The molecule has 0 spiro atoms. The number of carboxylic acid groups (broad SMARTS) is 1. The first-order chi connectivity index (χ1) is 8.99. The van der Waals surface area contributed by atoms with Gasteiger partial charge in [0.25, 0.3) is 0 Å². The van der Waals surface area contributed by atoms with Crippen molar-refractivity contribution in [3.63, 3.8) is 0 Å². The van der Waals surface area contributed by atoms with E-state index in [1.165, 1.54) is 12.8 Å². The molecule has 1 aliphatic rings. The molecule has 5 nitrogen and oxygen atoms in total. The Hall–Kier alpha value is -1.75. The summed E-state index contributed by atoms with van der Waals surface area (Å²) in [7, 11) is 4.16. The molecule has 1 fully saturated rings. The van der Waals surface area contributed by atoms with Gasteiger partial charge in [-0.3, -0.25) is 0 Å². The van der Waals surface area contributed by atoms with Gasteiger partial charge in [-0.25, -0.2) is 4.79 Å². The molecule has 1 aromatic carbocycles. The van der Waals surface area contributed by atoms with Gasteiger partial charge in [-0.05, 0) is 44.6 Å². The van der Waals surface area contributed by atoms with Gasteiger partial charge < -0.3 is 20.6 Å². The summed E-state index contributed by atoms with van der Waals surface area (Å²) < 4.78 is 0. The largest absolute Gasteiger partial charge is 0.478 e. The van der Waals surface area contributed by atoms with E-state index < -0.39 is 5.97 Å². The van der Waals surface area contributed by atoms with Gasteiger partial charge in [0, 0.05) is 31.0 Å². The molecular formula is C14H21N3O2. The Morgan fingerprint density at radius 3 is 2.84 bits per heavy atom. The normalized spacial score (nSPS) is 19.6. The zero-order valence-corrected chi connectivity index (χ0v) is 11.5. The van der Waals surface area contributed by atoms with Gasteiger partial charge in [-0.1, -0.05) is 0 Å². The van der Waals surface area contributed by atoms with Gasteiger partial charge in [0.2, 0.25) is 0 Å². The van der Waals surface area contributed by atoms with Crippen molar-refractivity contribution in [2.75, 3.05) is 37.8 Å². The van der Waals surface area contributed by atoms with E-state index in [1.54, 1.807) is 12.1 Å². The maximum atomic E-state index is 10.9. The Kier molecular flexibility index (Phi) is 3.95. The zero-order valence-electron chi connectivity index (χ0n) is 11.5. The van der Waals surface area contributed by atoms with Crippen LogP contribution in [0.4, 0.5) is 11.4 Å². The van der Waals surface area contributed by atoms with Crippen LogP contribution in [0.3, 0.4) is 0 Å². The summed E-state index contributed by atoms with van der Waals surface area (Å²) >= 11 is 0. The second-order valence-electron chi connectivity index (χ2n) is 5.23. The SMILES string of the molecule is CN(CC1CCCN1C)c1ccc(C(=O)O)c(N)c1. The van der Waals surface area contributed by atoms with Crippen molar-refractivity contribution >= 4 is 17.3 Å². The third-order valence-electron chi connectivity index (χ3n) is 3.86. The van der Waals surface area contributed by atoms with Crippen molar-refractivity contribution in [2.45, 2.75) is 18.9 Å². The van der Waals surface area contributed by atoms with Crippen LogP contribution in [0, 0.1) is 0 Å². The fourth-order valence-electron chi connectivity index (χ4n) is 2.61. The van der Waals surface area contributed by atoms with E-state index >= 15 is 0 Å². The van der Waals surface area contributed by atoms with Gasteiger partial charge in [-0.15, -0.1) is 0 Å². The lowest BCUT2D eigenvalue weighted by atomic mass is 10.1. The highest BCUT2D eigenvalue weighted by Crippen LogP contribution is 2.23. The average Bonchev–Trinajstić information content (AvgIpc) is 2.74. The Bertz CT molecular complexity index is 476. The molecule has 0 aromatic heterocycles. The molecule has 1 unspecified atom stereocenters. The summed E-state index contributed by atoms with van der Waals surface area (Å²) in [6.07, 6.45) is 2.46. The minimum atomic E-state index is -0.984. The molecule has 0 amide bonds. The standard InChI is InChI=1S/C14H21N3O2/c1-16-7-3-4-11(16)9-17(2)10-5-6-12(14(18)19)13(15)8-10/h5-6,8,11H,3-4,7,9,15H2,1-2H3,(H,18,19). The number of carbonyl (C=O) groups is 1. The predicted molar refractivity (Wildman–Crippen MR) is 76.7 cm³/mol. The maximum absolute atomic E-state index is 10.9. The van der Waals surface area contributed by atoms with Gasteiger partial charge in [0.15, 0.2) is 0 Å². The number of anilines is 2. The van der Waals surface area contributed by atoms with E-state index in [-0.39, 0.29) is 5.56 Å². The summed E-state index contributed by atoms with van der Waals surface area (Å²) in [5, 5.41) is 8.96. The summed E-state index contributed by atoms with van der Waals surface area (Å²) in [5.41, 5.74) is 7.22. The Morgan fingerprint density at radius 2 is 2.32 bits per heavy atom. The number of nitrogens with zero attached hydrogens (tertiary/aromatic N) is 2. The number of hydrogen-bond acceptors (Lipinski definition) is 4. The van der Waals surface area contributed by atoms with Crippen LogP contribution in [-0.4, -0.2) is 49.2 Å². The van der Waals surface area contributed by atoms with Crippen LogP contribution in [0.5, 0.6) is 0 Å². The highest BCUT2D eigenvalue weighted by molar-refractivity contribution is 5.94. The lowest BCUT2D eigenvalue weighted by molar-refractivity contribution is 0.0698. The number of benzene rings is 1. The van der Waals surface area contributed by atoms with Crippen molar-refractivity contribution in [3.05, 3.63) is 23.8 Å². The molecule has 1 aromatic rings. The molecule has 1 atom stereocenters. The zero-order chi connectivity index (χ0) is 14.0. The number of hydrogen-bond donors (Lipinski definition) is 2. The van der Waals surface area contributed by atoms with Crippen LogP contribution in [0.2, 0.25) is 0 Å². The van der Waals surface area contributed by atoms with Crippen molar-refractivity contribution in [1.29, 1.82) is 0 Å². The third kappa shape index (κ3) is 2.98. The van der Waals surface area contributed by atoms with Gasteiger partial charge >= 0.3 is 5.97 Å². The van der Waals surface area contributed by atoms with E-state index in [0.717, 1.165) is 18.8 Å². The Labute approximate surface area is 113 Å². The molecule has 3 N–H and O–H groups in total. The monoisotopic (exact) mass is 263 g/mol. The Morgan fingerprint density at radius 1 is 1.58 bits per heavy atom. The number of carboxylic acids is 1. The molecule has 1 heterocycles. The molecule has 5 heteroatoms. The van der Waals surface area contributed by atoms with E-state index in [0.29, 0.717) is 11.7 Å². The molecule has 1 aliphatic heterocycles. The predicted octanol–water partition coefficient (Wildman–Crippen LogP) is 1.50. The third-order valence-corrected chi connectivity index (χ3v) is 3.86. The number of likely N-dealkylation sites (tertiary alicyclic amines) is 1. The minimum absolute atomic E-state index is 0.162. The number of nitrogen functional groups attached to an aromatic ring is 1. The lowest BCUT2D eigenvalue weighted by Crippen LogP contribution is -2.36.